The van der Waals surface area contributed by atoms with Crippen LogP contribution >= 0.6 is 0 Å². The van der Waals surface area contributed by atoms with Gasteiger partial charge >= 0.3 is 0 Å². The summed E-state index contributed by atoms with van der Waals surface area (Å²) in [7, 11) is 0. The number of amidine groups is 1. The average molecular weight is 573 g/mol. The van der Waals surface area contributed by atoms with Crippen LogP contribution in [0.4, 0.5) is 0 Å². The smallest absolute Gasteiger partial charge is 0.123 e. The molecule has 0 bridgehead atoms. The molecule has 0 spiro atoms. The molecule has 41 heavy (non-hydrogen) atoms. The summed E-state index contributed by atoms with van der Waals surface area (Å²) in [5, 5.41) is 7.87. The van der Waals surface area contributed by atoms with Gasteiger partial charge in [0.25, 0.3) is 0 Å². The second-order valence-corrected chi connectivity index (χ2v) is 12.3. The van der Waals surface area contributed by atoms with Crippen LogP contribution in [0.5, 0.6) is 11.5 Å². The van der Waals surface area contributed by atoms with Gasteiger partial charge in [0, 0.05) is 11.6 Å². The summed E-state index contributed by atoms with van der Waals surface area (Å²) < 4.78 is 12.1. The Balaban J connectivity index is 2.08. The number of ether oxygens (including phenoxy) is 2. The maximum Gasteiger partial charge on any atom is 0.123 e. The first-order valence-corrected chi connectivity index (χ1v) is 17.9. The van der Waals surface area contributed by atoms with Crippen molar-refractivity contribution in [3.8, 4) is 11.5 Å². The molecular formula is C37H68N2O2. The normalized spacial score (nSPS) is 11.2. The molecule has 238 valence electrons. The minimum Gasteiger partial charge on any atom is -0.493 e. The zero-order valence-corrected chi connectivity index (χ0v) is 27.4. The van der Waals surface area contributed by atoms with Crippen LogP contribution in [0, 0.1) is 5.41 Å². The van der Waals surface area contributed by atoms with Crippen LogP contribution in [-0.4, -0.2) is 19.0 Å². The Morgan fingerprint density at radius 2 is 0.732 bits per heavy atom. The van der Waals surface area contributed by atoms with E-state index in [0.717, 1.165) is 24.3 Å². The first kappa shape index (κ1) is 37.3. The number of nitrogen functional groups attached to an aromatic ring is 1. The van der Waals surface area contributed by atoms with Crippen molar-refractivity contribution in [1.29, 1.82) is 5.41 Å². The molecule has 1 aromatic rings. The van der Waals surface area contributed by atoms with E-state index in [-0.39, 0.29) is 5.84 Å². The Hall–Kier alpha value is -1.71. The number of benzene rings is 1. The summed E-state index contributed by atoms with van der Waals surface area (Å²) in [6, 6.07) is 5.68. The van der Waals surface area contributed by atoms with Crippen molar-refractivity contribution in [2.24, 2.45) is 5.73 Å². The van der Waals surface area contributed by atoms with Gasteiger partial charge in [0.1, 0.15) is 17.3 Å². The van der Waals surface area contributed by atoms with Crippen molar-refractivity contribution >= 4 is 5.84 Å². The molecule has 3 N–H and O–H groups in total. The highest BCUT2D eigenvalue weighted by atomic mass is 16.5. The highest BCUT2D eigenvalue weighted by Crippen LogP contribution is 2.24. The predicted molar refractivity (Wildman–Crippen MR) is 180 cm³/mol. The number of nitrogens with one attached hydrogen (secondary N) is 1. The third kappa shape index (κ3) is 23.5. The highest BCUT2D eigenvalue weighted by Gasteiger charge is 2.06. The van der Waals surface area contributed by atoms with E-state index in [1.807, 2.05) is 18.2 Å². The van der Waals surface area contributed by atoms with Crippen LogP contribution in [0.15, 0.2) is 18.2 Å². The predicted octanol–water partition coefficient (Wildman–Crippen LogP) is 11.9. The van der Waals surface area contributed by atoms with Gasteiger partial charge in [-0.2, -0.15) is 0 Å². The minimum absolute atomic E-state index is 0.0576. The lowest BCUT2D eigenvalue weighted by atomic mass is 10.0. The summed E-state index contributed by atoms with van der Waals surface area (Å²) >= 11 is 0. The molecule has 0 atom stereocenters. The van der Waals surface area contributed by atoms with Gasteiger partial charge in [0.2, 0.25) is 0 Å². The maximum absolute atomic E-state index is 7.87. The molecule has 0 aliphatic rings. The summed E-state index contributed by atoms with van der Waals surface area (Å²) in [5.74, 6) is 1.58. The Bertz CT molecular complexity index is 671. The first-order valence-electron chi connectivity index (χ1n) is 17.9. The molecule has 0 heterocycles. The zero-order chi connectivity index (χ0) is 29.6. The molecule has 0 saturated carbocycles. The molecular weight excluding hydrogens is 504 g/mol. The number of hydrogen-bond donors (Lipinski definition) is 2. The van der Waals surface area contributed by atoms with Gasteiger partial charge in [0.05, 0.1) is 13.2 Å². The van der Waals surface area contributed by atoms with Gasteiger partial charge in [-0.3, -0.25) is 5.41 Å². The van der Waals surface area contributed by atoms with E-state index < -0.39 is 0 Å². The Morgan fingerprint density at radius 1 is 0.463 bits per heavy atom. The van der Waals surface area contributed by atoms with Crippen LogP contribution in [0.1, 0.15) is 186 Å². The Labute approximate surface area is 255 Å². The van der Waals surface area contributed by atoms with Crippen molar-refractivity contribution in [3.05, 3.63) is 23.8 Å². The van der Waals surface area contributed by atoms with Crippen molar-refractivity contribution in [2.45, 2.75) is 181 Å². The maximum atomic E-state index is 7.87. The molecule has 1 rings (SSSR count). The van der Waals surface area contributed by atoms with Crippen molar-refractivity contribution in [2.75, 3.05) is 13.2 Å². The summed E-state index contributed by atoms with van der Waals surface area (Å²) in [6.07, 6.45) is 35.0. The lowest BCUT2D eigenvalue weighted by molar-refractivity contribution is 0.289. The molecule has 0 aliphatic heterocycles. The molecule has 0 amide bonds. The van der Waals surface area contributed by atoms with Crippen LogP contribution < -0.4 is 15.2 Å². The lowest BCUT2D eigenvalue weighted by Gasteiger charge is -2.12. The van der Waals surface area contributed by atoms with Gasteiger partial charge in [-0.25, -0.2) is 0 Å². The largest absolute Gasteiger partial charge is 0.493 e. The van der Waals surface area contributed by atoms with E-state index >= 15 is 0 Å². The van der Waals surface area contributed by atoms with Crippen LogP contribution in [0.3, 0.4) is 0 Å². The van der Waals surface area contributed by atoms with Crippen molar-refractivity contribution in [3.63, 3.8) is 0 Å². The van der Waals surface area contributed by atoms with E-state index in [9.17, 15) is 0 Å². The van der Waals surface area contributed by atoms with E-state index in [1.165, 1.54) is 154 Å². The van der Waals surface area contributed by atoms with E-state index in [0.29, 0.717) is 18.8 Å². The molecule has 0 fully saturated rings. The van der Waals surface area contributed by atoms with E-state index in [1.54, 1.807) is 0 Å². The van der Waals surface area contributed by atoms with Gasteiger partial charge in [0.15, 0.2) is 0 Å². The van der Waals surface area contributed by atoms with Gasteiger partial charge in [-0.15, -0.1) is 0 Å². The first-order chi connectivity index (χ1) is 20.2. The molecule has 0 radical (unpaired) electrons. The fourth-order valence-electron chi connectivity index (χ4n) is 5.51. The summed E-state index contributed by atoms with van der Waals surface area (Å²) in [6.45, 7) is 5.98. The number of nitrogens with two attached hydrogens (primary N) is 1. The summed E-state index contributed by atoms with van der Waals surface area (Å²) in [5.41, 5.74) is 6.46. The fourth-order valence-corrected chi connectivity index (χ4v) is 5.51. The topological polar surface area (TPSA) is 68.3 Å². The molecule has 0 saturated heterocycles. The van der Waals surface area contributed by atoms with Crippen LogP contribution in [0.25, 0.3) is 0 Å². The molecule has 1 aromatic carbocycles. The quantitative estimate of drug-likeness (QED) is 0.0528. The number of rotatable bonds is 31. The van der Waals surface area contributed by atoms with Gasteiger partial charge < -0.3 is 15.2 Å². The van der Waals surface area contributed by atoms with Gasteiger partial charge in [-0.1, -0.05) is 168 Å². The van der Waals surface area contributed by atoms with Crippen LogP contribution in [0.2, 0.25) is 0 Å². The SMILES string of the molecule is CCCCCCCCCCCCCCCOc1cc(OCCCCCCCCCCCCCCC)cc(C(=N)N)c1. The van der Waals surface area contributed by atoms with Gasteiger partial charge in [-0.05, 0) is 25.0 Å². The molecule has 0 aromatic heterocycles. The monoisotopic (exact) mass is 573 g/mol. The van der Waals surface area contributed by atoms with E-state index in [2.05, 4.69) is 13.8 Å². The fraction of sp³-hybridized carbons (Fsp3) is 0.811. The third-order valence-electron chi connectivity index (χ3n) is 8.22. The third-order valence-corrected chi connectivity index (χ3v) is 8.22. The lowest BCUT2D eigenvalue weighted by Crippen LogP contribution is -2.12. The van der Waals surface area contributed by atoms with E-state index in [4.69, 9.17) is 20.6 Å². The molecule has 0 aliphatic carbocycles. The second-order valence-electron chi connectivity index (χ2n) is 12.3. The molecule has 0 unspecified atom stereocenters. The van der Waals surface area contributed by atoms with Crippen molar-refractivity contribution in [1.82, 2.24) is 0 Å². The highest BCUT2D eigenvalue weighted by molar-refractivity contribution is 5.95. The van der Waals surface area contributed by atoms with Crippen molar-refractivity contribution < 1.29 is 9.47 Å². The Kier molecular flexibility index (Phi) is 25.9. The second kappa shape index (κ2) is 28.4. The number of hydrogen-bond acceptors (Lipinski definition) is 3. The standard InChI is InChI=1S/C37H68N2O2/c1-3-5-7-9-11-13-15-17-19-21-23-25-27-29-40-35-31-34(37(38)39)32-36(33-35)41-30-28-26-24-22-20-18-16-14-12-10-8-6-4-2/h31-33H,3-30H2,1-2H3,(H3,38,39). The summed E-state index contributed by atoms with van der Waals surface area (Å²) in [4.78, 5) is 0. The van der Waals surface area contributed by atoms with Crippen LogP contribution in [-0.2, 0) is 0 Å². The molecule has 4 heteroatoms. The molecule has 4 nitrogen and oxygen atoms in total. The average Bonchev–Trinajstić information content (AvgIpc) is 2.97. The minimum atomic E-state index is 0.0576. The number of unbranched alkanes of at least 4 members (excludes halogenated alkanes) is 24. The zero-order valence-electron chi connectivity index (χ0n) is 27.4. The Morgan fingerprint density at radius 3 is 1.00 bits per heavy atom.